The largest absolute Gasteiger partial charge is 0.466 e. The highest BCUT2D eigenvalue weighted by Gasteiger charge is 2.42. The van der Waals surface area contributed by atoms with E-state index >= 15 is 0 Å². The second kappa shape index (κ2) is 10.1. The lowest BCUT2D eigenvalue weighted by molar-refractivity contribution is -0.136. The first-order chi connectivity index (χ1) is 15.9. The van der Waals surface area contributed by atoms with Gasteiger partial charge >= 0.3 is 5.97 Å². The van der Waals surface area contributed by atoms with Crippen molar-refractivity contribution in [2.45, 2.75) is 58.6 Å². The van der Waals surface area contributed by atoms with Gasteiger partial charge in [0.2, 0.25) is 5.91 Å². The van der Waals surface area contributed by atoms with Gasteiger partial charge in [0.25, 0.3) is 0 Å². The van der Waals surface area contributed by atoms with E-state index in [0.717, 1.165) is 52.7 Å². The molecule has 0 aromatic heterocycles. The van der Waals surface area contributed by atoms with Gasteiger partial charge in [-0.25, -0.2) is 9.79 Å². The van der Waals surface area contributed by atoms with Crippen molar-refractivity contribution in [1.29, 1.82) is 0 Å². The molecule has 1 aromatic carbocycles. The zero-order valence-corrected chi connectivity index (χ0v) is 20.5. The van der Waals surface area contributed by atoms with Gasteiger partial charge in [-0.15, -0.1) is 0 Å². The molecule has 1 fully saturated rings. The predicted molar refractivity (Wildman–Crippen MR) is 130 cm³/mol. The number of ether oxygens (including phenoxy) is 2. The first-order valence-electron chi connectivity index (χ1n) is 11.4. The van der Waals surface area contributed by atoms with Crippen LogP contribution in [0.5, 0.6) is 0 Å². The number of carbonyl (C=O) groups excluding carboxylic acids is 2. The van der Waals surface area contributed by atoms with E-state index in [2.05, 4.69) is 23.5 Å². The van der Waals surface area contributed by atoms with Crippen LogP contribution in [0.1, 0.15) is 55.3 Å². The number of nitrogens with zero attached hydrogens (tertiary/aromatic N) is 2. The number of nitrogens with one attached hydrogen (secondary N) is 1. The minimum Gasteiger partial charge on any atom is -0.466 e. The summed E-state index contributed by atoms with van der Waals surface area (Å²) in [5, 5.41) is 5.76. The van der Waals surface area contributed by atoms with Gasteiger partial charge in [-0.05, 0) is 49.6 Å². The van der Waals surface area contributed by atoms with Crippen molar-refractivity contribution in [2.24, 2.45) is 4.99 Å². The molecule has 0 saturated carbocycles. The average molecular weight is 470 g/mol. The number of amidine groups is 1. The van der Waals surface area contributed by atoms with Crippen molar-refractivity contribution < 1.29 is 19.1 Å². The standard InChI is InChI=1S/C25H31N3O4S/c1-5-20-22(24(30)31-4)23(19-11-15(2)8-9-16(19)3)28-17(14-33-25(28)27-20)12-21(29)26-13-18-7-6-10-32-18/h8-9,11,14,18,23H,5-7,10,12-13H2,1-4H3,(H,26,29)/t18-,23+/m1/s1. The number of amides is 1. The number of aryl methyl sites for hydroxylation is 2. The number of aliphatic imine (C=N–C) groups is 1. The lowest BCUT2D eigenvalue weighted by atomic mass is 9.89. The molecular formula is C25H31N3O4S. The van der Waals surface area contributed by atoms with E-state index < -0.39 is 6.04 Å². The molecule has 0 unspecified atom stereocenters. The number of thioether (sulfide) groups is 1. The Hall–Kier alpha value is -2.58. The topological polar surface area (TPSA) is 80.2 Å². The lowest BCUT2D eigenvalue weighted by Crippen LogP contribution is -2.39. The summed E-state index contributed by atoms with van der Waals surface area (Å²) < 4.78 is 10.8. The molecule has 1 saturated heterocycles. The SMILES string of the molecule is CCC1=C(C(=O)OC)[C@H](c2cc(C)ccc2C)N2C(CC(=O)NC[C@H]3CCCO3)=CSC2=N1. The molecule has 0 aliphatic carbocycles. The van der Waals surface area contributed by atoms with Crippen molar-refractivity contribution in [2.75, 3.05) is 20.3 Å². The van der Waals surface area contributed by atoms with Crippen molar-refractivity contribution in [3.63, 3.8) is 0 Å². The molecule has 3 heterocycles. The molecule has 1 aromatic rings. The van der Waals surface area contributed by atoms with Crippen LogP contribution in [0, 0.1) is 13.8 Å². The molecule has 4 rings (SSSR count). The molecule has 0 bridgehead atoms. The second-order valence-electron chi connectivity index (χ2n) is 8.58. The highest BCUT2D eigenvalue weighted by molar-refractivity contribution is 8.16. The number of carbonyl (C=O) groups is 2. The molecule has 1 N–H and O–H groups in total. The summed E-state index contributed by atoms with van der Waals surface area (Å²) in [5.41, 5.74) is 5.28. The van der Waals surface area contributed by atoms with Crippen LogP contribution in [0.4, 0.5) is 0 Å². The first-order valence-corrected chi connectivity index (χ1v) is 12.3. The van der Waals surface area contributed by atoms with Gasteiger partial charge in [0, 0.05) is 18.8 Å². The average Bonchev–Trinajstić information content (AvgIpc) is 3.47. The van der Waals surface area contributed by atoms with Crippen LogP contribution in [0.15, 0.2) is 45.6 Å². The second-order valence-corrected chi connectivity index (χ2v) is 9.41. The molecule has 3 aliphatic rings. The molecule has 8 heteroatoms. The third-order valence-corrected chi connectivity index (χ3v) is 7.14. The van der Waals surface area contributed by atoms with Crippen molar-refractivity contribution >= 4 is 28.8 Å². The minimum absolute atomic E-state index is 0.0665. The van der Waals surface area contributed by atoms with Crippen LogP contribution in [-0.2, 0) is 19.1 Å². The summed E-state index contributed by atoms with van der Waals surface area (Å²) in [6.45, 7) is 7.35. The number of rotatable bonds is 7. The number of methoxy groups -OCH3 is 1. The molecule has 176 valence electrons. The van der Waals surface area contributed by atoms with Gasteiger partial charge in [0.05, 0.1) is 36.9 Å². The van der Waals surface area contributed by atoms with Crippen molar-refractivity contribution in [1.82, 2.24) is 10.2 Å². The number of hydrogen-bond acceptors (Lipinski definition) is 7. The number of esters is 1. The van der Waals surface area contributed by atoms with Crippen LogP contribution >= 0.6 is 11.8 Å². The minimum atomic E-state index is -0.396. The molecule has 7 nitrogen and oxygen atoms in total. The Bertz CT molecular complexity index is 1040. The van der Waals surface area contributed by atoms with E-state index in [4.69, 9.17) is 14.5 Å². The van der Waals surface area contributed by atoms with E-state index in [1.165, 1.54) is 18.9 Å². The highest BCUT2D eigenvalue weighted by atomic mass is 32.2. The highest BCUT2D eigenvalue weighted by Crippen LogP contribution is 2.46. The van der Waals surface area contributed by atoms with Gasteiger partial charge in [-0.3, -0.25) is 4.79 Å². The van der Waals surface area contributed by atoms with E-state index in [1.807, 2.05) is 31.1 Å². The fourth-order valence-electron chi connectivity index (χ4n) is 4.52. The Morgan fingerprint density at radius 2 is 2.15 bits per heavy atom. The normalized spacial score (nSPS) is 22.1. The lowest BCUT2D eigenvalue weighted by Gasteiger charge is -2.37. The Balaban J connectivity index is 1.66. The third-order valence-electron chi connectivity index (χ3n) is 6.25. The molecule has 0 radical (unpaired) electrons. The summed E-state index contributed by atoms with van der Waals surface area (Å²) in [5.74, 6) is -0.456. The Labute approximate surface area is 199 Å². The Kier molecular flexibility index (Phi) is 7.24. The van der Waals surface area contributed by atoms with Gasteiger partial charge in [0.15, 0.2) is 5.17 Å². The van der Waals surface area contributed by atoms with Gasteiger partial charge in [-0.2, -0.15) is 0 Å². The maximum Gasteiger partial charge on any atom is 0.338 e. The molecule has 3 aliphatic heterocycles. The third kappa shape index (κ3) is 4.87. The van der Waals surface area contributed by atoms with Crippen LogP contribution in [0.3, 0.4) is 0 Å². The van der Waals surface area contributed by atoms with Gasteiger partial charge in [0.1, 0.15) is 0 Å². The van der Waals surface area contributed by atoms with Gasteiger partial charge < -0.3 is 19.7 Å². The number of allylic oxidation sites excluding steroid dienone is 1. The van der Waals surface area contributed by atoms with Crippen LogP contribution in [-0.4, -0.2) is 48.3 Å². The number of hydrogen-bond donors (Lipinski definition) is 1. The molecular weight excluding hydrogens is 438 g/mol. The summed E-state index contributed by atoms with van der Waals surface area (Å²) in [4.78, 5) is 32.6. The monoisotopic (exact) mass is 469 g/mol. The maximum absolute atomic E-state index is 13.0. The predicted octanol–water partition coefficient (Wildman–Crippen LogP) is 4.13. The van der Waals surface area contributed by atoms with E-state index in [-0.39, 0.29) is 24.4 Å². The van der Waals surface area contributed by atoms with E-state index in [9.17, 15) is 9.59 Å². The smallest absolute Gasteiger partial charge is 0.338 e. The zero-order chi connectivity index (χ0) is 23.5. The quantitative estimate of drug-likeness (QED) is 0.605. The number of fused-ring (bicyclic) bond motifs is 1. The fraction of sp³-hybridized carbons (Fsp3) is 0.480. The first kappa shape index (κ1) is 23.6. The summed E-state index contributed by atoms with van der Waals surface area (Å²) >= 11 is 1.49. The van der Waals surface area contributed by atoms with Crippen molar-refractivity contribution in [3.8, 4) is 0 Å². The Morgan fingerprint density at radius 1 is 1.33 bits per heavy atom. The fourth-order valence-corrected chi connectivity index (χ4v) is 5.46. The van der Waals surface area contributed by atoms with E-state index in [0.29, 0.717) is 18.5 Å². The van der Waals surface area contributed by atoms with E-state index in [1.54, 1.807) is 0 Å². The van der Waals surface area contributed by atoms with Crippen LogP contribution in [0.2, 0.25) is 0 Å². The maximum atomic E-state index is 13.0. The molecule has 1 amide bonds. The van der Waals surface area contributed by atoms with Crippen LogP contribution < -0.4 is 5.32 Å². The van der Waals surface area contributed by atoms with Crippen LogP contribution in [0.25, 0.3) is 0 Å². The summed E-state index contributed by atoms with van der Waals surface area (Å²) in [6.07, 6.45) is 2.92. The molecule has 2 atom stereocenters. The molecule has 0 spiro atoms. The summed E-state index contributed by atoms with van der Waals surface area (Å²) in [7, 11) is 1.40. The Morgan fingerprint density at radius 3 is 2.85 bits per heavy atom. The van der Waals surface area contributed by atoms with Gasteiger partial charge in [-0.1, -0.05) is 42.4 Å². The zero-order valence-electron chi connectivity index (χ0n) is 19.6. The van der Waals surface area contributed by atoms with Crippen molar-refractivity contribution in [3.05, 3.63) is 57.3 Å². The number of benzene rings is 1. The summed E-state index contributed by atoms with van der Waals surface area (Å²) in [6, 6.07) is 5.84. The molecule has 33 heavy (non-hydrogen) atoms.